The topological polar surface area (TPSA) is 49.8 Å². The Bertz CT molecular complexity index is 581. The summed E-state index contributed by atoms with van der Waals surface area (Å²) in [6.07, 6.45) is 1.80. The fourth-order valence-corrected chi connectivity index (χ4v) is 2.36. The predicted octanol–water partition coefficient (Wildman–Crippen LogP) is 3.43. The second-order valence-corrected chi connectivity index (χ2v) is 5.30. The molecule has 2 rings (SSSR count). The molecule has 2 N–H and O–H groups in total. The van der Waals surface area contributed by atoms with Gasteiger partial charge in [-0.2, -0.15) is 0 Å². The molecule has 1 atom stereocenters. The van der Waals surface area contributed by atoms with Crippen molar-refractivity contribution in [2.24, 2.45) is 0 Å². The molecule has 112 valence electrons. The summed E-state index contributed by atoms with van der Waals surface area (Å²) in [6.45, 7) is 6.29. The van der Waals surface area contributed by atoms with Crippen LogP contribution in [-0.2, 0) is 12.8 Å². The number of aromatic nitrogens is 2. The van der Waals surface area contributed by atoms with Crippen LogP contribution < -0.4 is 10.6 Å². The van der Waals surface area contributed by atoms with Gasteiger partial charge in [0.1, 0.15) is 17.5 Å². The molecule has 0 aliphatic rings. The van der Waals surface area contributed by atoms with Gasteiger partial charge in [-0.15, -0.1) is 0 Å². The Morgan fingerprint density at radius 3 is 2.38 bits per heavy atom. The van der Waals surface area contributed by atoms with Crippen molar-refractivity contribution in [2.75, 3.05) is 17.7 Å². The van der Waals surface area contributed by atoms with E-state index in [0.29, 0.717) is 6.04 Å². The molecule has 0 aliphatic carbocycles. The Morgan fingerprint density at radius 1 is 1.10 bits per heavy atom. The van der Waals surface area contributed by atoms with Crippen LogP contribution in [-0.4, -0.2) is 23.1 Å². The highest BCUT2D eigenvalue weighted by Gasteiger charge is 2.12. The lowest BCUT2D eigenvalue weighted by Crippen LogP contribution is -2.20. The van der Waals surface area contributed by atoms with Crippen molar-refractivity contribution >= 4 is 11.6 Å². The molecule has 21 heavy (non-hydrogen) atoms. The molecule has 0 spiro atoms. The molecule has 0 saturated carbocycles. The summed E-state index contributed by atoms with van der Waals surface area (Å²) in [5.74, 6) is 2.69. The van der Waals surface area contributed by atoms with Crippen LogP contribution in [0.15, 0.2) is 30.3 Å². The Morgan fingerprint density at radius 2 is 1.76 bits per heavy atom. The normalized spacial score (nSPS) is 12.0. The standard InChI is InChI=1S/C17H24N4/c1-5-15-20-16(18-4)13(3)17(21-15)19-12(2)11-14-9-7-6-8-10-14/h6-10,12H,5,11H2,1-4H3,(H2,18,19,20,21). The summed E-state index contributed by atoms with van der Waals surface area (Å²) < 4.78 is 0. The van der Waals surface area contributed by atoms with Gasteiger partial charge >= 0.3 is 0 Å². The molecule has 4 heteroatoms. The highest BCUT2D eigenvalue weighted by molar-refractivity contribution is 5.57. The monoisotopic (exact) mass is 284 g/mol. The highest BCUT2D eigenvalue weighted by Crippen LogP contribution is 2.21. The number of aryl methyl sites for hydroxylation is 1. The maximum atomic E-state index is 4.62. The molecule has 0 radical (unpaired) electrons. The van der Waals surface area contributed by atoms with Crippen molar-refractivity contribution in [1.82, 2.24) is 9.97 Å². The first-order valence-electron chi connectivity index (χ1n) is 7.49. The maximum absolute atomic E-state index is 4.62. The third kappa shape index (κ3) is 3.94. The lowest BCUT2D eigenvalue weighted by Gasteiger charge is -2.18. The molecule has 0 amide bonds. The molecule has 2 aromatic rings. The van der Waals surface area contributed by atoms with E-state index < -0.39 is 0 Å². The van der Waals surface area contributed by atoms with Crippen LogP contribution in [0.2, 0.25) is 0 Å². The average Bonchev–Trinajstić information content (AvgIpc) is 2.50. The van der Waals surface area contributed by atoms with Crippen LogP contribution in [0.4, 0.5) is 11.6 Å². The van der Waals surface area contributed by atoms with Gasteiger partial charge in [0.05, 0.1) is 0 Å². The van der Waals surface area contributed by atoms with Crippen molar-refractivity contribution in [3.8, 4) is 0 Å². The number of nitrogens with one attached hydrogen (secondary N) is 2. The first-order chi connectivity index (χ1) is 10.1. The smallest absolute Gasteiger partial charge is 0.134 e. The van der Waals surface area contributed by atoms with Gasteiger partial charge in [0.15, 0.2) is 0 Å². The second kappa shape index (κ2) is 7.07. The van der Waals surface area contributed by atoms with E-state index in [1.165, 1.54) is 5.56 Å². The number of benzene rings is 1. The van der Waals surface area contributed by atoms with Gasteiger partial charge in [-0.3, -0.25) is 0 Å². The Hall–Kier alpha value is -2.10. The number of anilines is 2. The van der Waals surface area contributed by atoms with Gasteiger partial charge < -0.3 is 10.6 Å². The van der Waals surface area contributed by atoms with Gasteiger partial charge in [-0.25, -0.2) is 9.97 Å². The lowest BCUT2D eigenvalue weighted by molar-refractivity contribution is 0.777. The van der Waals surface area contributed by atoms with Gasteiger partial charge in [0, 0.05) is 25.1 Å². The van der Waals surface area contributed by atoms with E-state index in [-0.39, 0.29) is 0 Å². The molecule has 0 saturated heterocycles. The third-order valence-electron chi connectivity index (χ3n) is 3.51. The zero-order valence-corrected chi connectivity index (χ0v) is 13.3. The summed E-state index contributed by atoms with van der Waals surface area (Å²) in [6, 6.07) is 10.8. The molecular weight excluding hydrogens is 260 g/mol. The Labute approximate surface area is 127 Å². The van der Waals surface area contributed by atoms with E-state index in [9.17, 15) is 0 Å². The number of rotatable bonds is 6. The van der Waals surface area contributed by atoms with Gasteiger partial charge in [-0.05, 0) is 25.8 Å². The van der Waals surface area contributed by atoms with Crippen LogP contribution >= 0.6 is 0 Å². The molecule has 1 aromatic heterocycles. The van der Waals surface area contributed by atoms with Crippen LogP contribution in [0.3, 0.4) is 0 Å². The fourth-order valence-electron chi connectivity index (χ4n) is 2.36. The van der Waals surface area contributed by atoms with Crippen molar-refractivity contribution in [1.29, 1.82) is 0 Å². The first kappa shape index (κ1) is 15.3. The SMILES string of the molecule is CCc1nc(NC)c(C)c(NC(C)Cc2ccccc2)n1. The minimum atomic E-state index is 0.315. The van der Waals surface area contributed by atoms with Crippen molar-refractivity contribution in [2.45, 2.75) is 39.7 Å². The molecule has 0 bridgehead atoms. The maximum Gasteiger partial charge on any atom is 0.134 e. The quantitative estimate of drug-likeness (QED) is 0.853. The molecule has 1 heterocycles. The Kier molecular flexibility index (Phi) is 5.14. The summed E-state index contributed by atoms with van der Waals surface area (Å²) in [4.78, 5) is 9.12. The number of hydrogen-bond acceptors (Lipinski definition) is 4. The van der Waals surface area contributed by atoms with Crippen molar-refractivity contribution in [3.05, 3.63) is 47.3 Å². The largest absolute Gasteiger partial charge is 0.373 e. The minimum absolute atomic E-state index is 0.315. The molecule has 0 fully saturated rings. The van der Waals surface area contributed by atoms with E-state index in [4.69, 9.17) is 0 Å². The van der Waals surface area contributed by atoms with E-state index in [1.54, 1.807) is 0 Å². The predicted molar refractivity (Wildman–Crippen MR) is 88.9 cm³/mol. The summed E-state index contributed by atoms with van der Waals surface area (Å²) >= 11 is 0. The van der Waals surface area contributed by atoms with E-state index in [1.807, 2.05) is 20.0 Å². The number of nitrogens with zero attached hydrogens (tertiary/aromatic N) is 2. The Balaban J connectivity index is 2.14. The van der Waals surface area contributed by atoms with Crippen LogP contribution in [0.25, 0.3) is 0 Å². The highest BCUT2D eigenvalue weighted by atomic mass is 15.1. The summed E-state index contributed by atoms with van der Waals surface area (Å²) in [5, 5.41) is 6.66. The van der Waals surface area contributed by atoms with Gasteiger partial charge in [0.2, 0.25) is 0 Å². The zero-order valence-electron chi connectivity index (χ0n) is 13.3. The average molecular weight is 284 g/mol. The lowest BCUT2D eigenvalue weighted by atomic mass is 10.1. The molecule has 1 aromatic carbocycles. The van der Waals surface area contributed by atoms with Crippen LogP contribution in [0.1, 0.15) is 30.8 Å². The molecule has 1 unspecified atom stereocenters. The summed E-state index contributed by atoms with van der Waals surface area (Å²) in [7, 11) is 1.89. The second-order valence-electron chi connectivity index (χ2n) is 5.30. The van der Waals surface area contributed by atoms with E-state index >= 15 is 0 Å². The summed E-state index contributed by atoms with van der Waals surface area (Å²) in [5.41, 5.74) is 2.39. The number of hydrogen-bond donors (Lipinski definition) is 2. The van der Waals surface area contributed by atoms with Crippen LogP contribution in [0, 0.1) is 6.92 Å². The molecule has 4 nitrogen and oxygen atoms in total. The molecular formula is C17H24N4. The zero-order chi connectivity index (χ0) is 15.2. The minimum Gasteiger partial charge on any atom is -0.373 e. The van der Waals surface area contributed by atoms with E-state index in [0.717, 1.165) is 35.9 Å². The van der Waals surface area contributed by atoms with Crippen LogP contribution in [0.5, 0.6) is 0 Å². The van der Waals surface area contributed by atoms with Gasteiger partial charge in [-0.1, -0.05) is 37.3 Å². The van der Waals surface area contributed by atoms with Gasteiger partial charge in [0.25, 0.3) is 0 Å². The third-order valence-corrected chi connectivity index (χ3v) is 3.51. The van der Waals surface area contributed by atoms with Crippen molar-refractivity contribution < 1.29 is 0 Å². The first-order valence-corrected chi connectivity index (χ1v) is 7.49. The van der Waals surface area contributed by atoms with E-state index in [2.05, 4.69) is 58.7 Å². The fraction of sp³-hybridized carbons (Fsp3) is 0.412. The molecule has 0 aliphatic heterocycles. The van der Waals surface area contributed by atoms with Crippen molar-refractivity contribution in [3.63, 3.8) is 0 Å².